The monoisotopic (exact) mass is 281 g/mol. The van der Waals surface area contributed by atoms with E-state index in [2.05, 4.69) is 29.1 Å². The Morgan fingerprint density at radius 1 is 1.45 bits per heavy atom. The summed E-state index contributed by atoms with van der Waals surface area (Å²) in [7, 11) is 1.90. The molecule has 1 heterocycles. The van der Waals surface area contributed by atoms with Crippen LogP contribution >= 0.6 is 0 Å². The Morgan fingerprint density at radius 2 is 2.25 bits per heavy atom. The van der Waals surface area contributed by atoms with Gasteiger partial charge in [-0.15, -0.1) is 0 Å². The molecule has 4 heteroatoms. The molecule has 20 heavy (non-hydrogen) atoms. The molecule has 0 aromatic heterocycles. The quantitative estimate of drug-likeness (QED) is 0.462. The first-order chi connectivity index (χ1) is 9.69. The van der Waals surface area contributed by atoms with Crippen molar-refractivity contribution in [2.24, 2.45) is 16.3 Å². The van der Waals surface area contributed by atoms with Gasteiger partial charge < -0.3 is 15.0 Å². The molecule has 116 valence electrons. The molecule has 4 nitrogen and oxygen atoms in total. The fraction of sp³-hybridized carbons (Fsp3) is 0.938. The van der Waals surface area contributed by atoms with E-state index >= 15 is 0 Å². The van der Waals surface area contributed by atoms with Crippen LogP contribution < -0.4 is 5.32 Å². The number of hydrogen-bond donors (Lipinski definition) is 1. The van der Waals surface area contributed by atoms with Gasteiger partial charge in [-0.3, -0.25) is 4.99 Å². The van der Waals surface area contributed by atoms with E-state index in [-0.39, 0.29) is 0 Å². The zero-order chi connectivity index (χ0) is 14.4. The highest BCUT2D eigenvalue weighted by Gasteiger charge is 2.42. The predicted octanol–water partition coefficient (Wildman–Crippen LogP) is 2.50. The van der Waals surface area contributed by atoms with Crippen LogP contribution in [0.15, 0.2) is 4.99 Å². The van der Waals surface area contributed by atoms with Crippen LogP contribution in [0.4, 0.5) is 0 Å². The normalized spacial score (nSPS) is 25.6. The van der Waals surface area contributed by atoms with Crippen LogP contribution in [0.2, 0.25) is 0 Å². The average Bonchev–Trinajstić information content (AvgIpc) is 3.20. The summed E-state index contributed by atoms with van der Waals surface area (Å²) >= 11 is 0. The van der Waals surface area contributed by atoms with E-state index in [1.165, 1.54) is 32.1 Å². The number of guanidine groups is 1. The van der Waals surface area contributed by atoms with E-state index in [9.17, 15) is 0 Å². The second-order valence-corrected chi connectivity index (χ2v) is 6.54. The molecule has 0 aromatic carbocycles. The molecule has 1 aliphatic carbocycles. The number of likely N-dealkylation sites (tertiary alicyclic amines) is 1. The van der Waals surface area contributed by atoms with Gasteiger partial charge in [0.2, 0.25) is 0 Å². The topological polar surface area (TPSA) is 36.9 Å². The van der Waals surface area contributed by atoms with E-state index in [1.807, 2.05) is 7.05 Å². The van der Waals surface area contributed by atoms with E-state index in [1.54, 1.807) is 0 Å². The standard InChI is InChI=1S/C16H31N3O/c1-4-20-11-9-16(7-8-16)13-18-15(17-3)19-10-5-6-14(2)12-19/h14H,4-13H2,1-3H3,(H,17,18). The van der Waals surface area contributed by atoms with Crippen LogP contribution in [0.25, 0.3) is 0 Å². The number of rotatable bonds is 6. The lowest BCUT2D eigenvalue weighted by atomic mass is 10.0. The first-order valence-corrected chi connectivity index (χ1v) is 8.22. The molecule has 2 fully saturated rings. The number of ether oxygens (including phenoxy) is 1. The second-order valence-electron chi connectivity index (χ2n) is 6.54. The largest absolute Gasteiger partial charge is 0.382 e. The molecule has 1 saturated carbocycles. The van der Waals surface area contributed by atoms with Crippen molar-refractivity contribution in [1.82, 2.24) is 10.2 Å². The van der Waals surface area contributed by atoms with Gasteiger partial charge in [0.05, 0.1) is 0 Å². The van der Waals surface area contributed by atoms with Gasteiger partial charge >= 0.3 is 0 Å². The summed E-state index contributed by atoms with van der Waals surface area (Å²) in [6.07, 6.45) is 6.49. The molecule has 1 unspecified atom stereocenters. The molecule has 0 bridgehead atoms. The summed E-state index contributed by atoms with van der Waals surface area (Å²) in [5.74, 6) is 1.88. The highest BCUT2D eigenvalue weighted by molar-refractivity contribution is 5.80. The third kappa shape index (κ3) is 4.37. The molecule has 1 N–H and O–H groups in total. The molecule has 1 aliphatic heterocycles. The molecule has 2 rings (SSSR count). The van der Waals surface area contributed by atoms with Crippen LogP contribution in [-0.2, 0) is 4.74 Å². The molecule has 0 spiro atoms. The fourth-order valence-electron chi connectivity index (χ4n) is 3.11. The number of nitrogens with zero attached hydrogens (tertiary/aromatic N) is 2. The van der Waals surface area contributed by atoms with Crippen LogP contribution in [0.1, 0.15) is 46.0 Å². The Hall–Kier alpha value is -0.770. The molecular formula is C16H31N3O. The van der Waals surface area contributed by atoms with Crippen molar-refractivity contribution in [1.29, 1.82) is 0 Å². The van der Waals surface area contributed by atoms with Gasteiger partial charge in [0.1, 0.15) is 0 Å². The Bertz CT molecular complexity index is 326. The molecule has 2 aliphatic rings. The Morgan fingerprint density at radius 3 is 2.85 bits per heavy atom. The summed E-state index contributed by atoms with van der Waals surface area (Å²) in [6.45, 7) is 9.48. The lowest BCUT2D eigenvalue weighted by Gasteiger charge is -2.34. The number of piperidine rings is 1. The lowest BCUT2D eigenvalue weighted by molar-refractivity contribution is 0.128. The summed E-state index contributed by atoms with van der Waals surface area (Å²) in [5.41, 5.74) is 0.479. The van der Waals surface area contributed by atoms with Crippen molar-refractivity contribution in [3.05, 3.63) is 0 Å². The number of hydrogen-bond acceptors (Lipinski definition) is 2. The van der Waals surface area contributed by atoms with Crippen molar-refractivity contribution in [2.75, 3.05) is 39.9 Å². The van der Waals surface area contributed by atoms with Gasteiger partial charge in [0.15, 0.2) is 5.96 Å². The van der Waals surface area contributed by atoms with E-state index in [0.717, 1.165) is 44.7 Å². The molecule has 0 amide bonds. The van der Waals surface area contributed by atoms with Gasteiger partial charge in [-0.05, 0) is 50.4 Å². The first-order valence-electron chi connectivity index (χ1n) is 8.22. The maximum Gasteiger partial charge on any atom is 0.193 e. The minimum absolute atomic E-state index is 0.479. The summed E-state index contributed by atoms with van der Waals surface area (Å²) < 4.78 is 5.50. The Balaban J connectivity index is 1.76. The lowest BCUT2D eigenvalue weighted by Crippen LogP contribution is -2.47. The van der Waals surface area contributed by atoms with Gasteiger partial charge in [0, 0.05) is 39.9 Å². The van der Waals surface area contributed by atoms with Crippen LogP contribution in [0.3, 0.4) is 0 Å². The van der Waals surface area contributed by atoms with Crippen molar-refractivity contribution in [3.63, 3.8) is 0 Å². The SMILES string of the molecule is CCOCCC1(CNC(=NC)N2CCCC(C)C2)CC1. The predicted molar refractivity (Wildman–Crippen MR) is 84.1 cm³/mol. The second kappa shape index (κ2) is 7.30. The van der Waals surface area contributed by atoms with Crippen molar-refractivity contribution >= 4 is 5.96 Å². The van der Waals surface area contributed by atoms with E-state index in [0.29, 0.717) is 5.41 Å². The Kier molecular flexibility index (Phi) is 5.70. The van der Waals surface area contributed by atoms with Crippen LogP contribution in [0, 0.1) is 11.3 Å². The number of aliphatic imine (C=N–C) groups is 1. The summed E-state index contributed by atoms with van der Waals surface area (Å²) in [6, 6.07) is 0. The van der Waals surface area contributed by atoms with E-state index in [4.69, 9.17) is 4.74 Å². The minimum atomic E-state index is 0.479. The van der Waals surface area contributed by atoms with Gasteiger partial charge in [-0.25, -0.2) is 0 Å². The molecule has 1 atom stereocenters. The van der Waals surface area contributed by atoms with Crippen molar-refractivity contribution < 1.29 is 4.74 Å². The maximum absolute atomic E-state index is 5.50. The van der Waals surface area contributed by atoms with Gasteiger partial charge in [0.25, 0.3) is 0 Å². The fourth-order valence-corrected chi connectivity index (χ4v) is 3.11. The third-order valence-corrected chi connectivity index (χ3v) is 4.73. The van der Waals surface area contributed by atoms with Crippen molar-refractivity contribution in [3.8, 4) is 0 Å². The number of nitrogens with one attached hydrogen (secondary N) is 1. The first kappa shape index (κ1) is 15.6. The highest BCUT2D eigenvalue weighted by Crippen LogP contribution is 2.48. The smallest absolute Gasteiger partial charge is 0.193 e. The van der Waals surface area contributed by atoms with Crippen LogP contribution in [-0.4, -0.2) is 50.8 Å². The van der Waals surface area contributed by atoms with E-state index < -0.39 is 0 Å². The molecule has 1 saturated heterocycles. The molecule has 0 radical (unpaired) electrons. The molecule has 0 aromatic rings. The zero-order valence-electron chi connectivity index (χ0n) is 13.5. The third-order valence-electron chi connectivity index (χ3n) is 4.73. The zero-order valence-corrected chi connectivity index (χ0v) is 13.5. The van der Waals surface area contributed by atoms with Crippen molar-refractivity contribution in [2.45, 2.75) is 46.0 Å². The molecular weight excluding hydrogens is 250 g/mol. The maximum atomic E-state index is 5.50. The van der Waals surface area contributed by atoms with Gasteiger partial charge in [-0.2, -0.15) is 0 Å². The Labute approximate surface area is 124 Å². The van der Waals surface area contributed by atoms with Crippen LogP contribution in [0.5, 0.6) is 0 Å². The minimum Gasteiger partial charge on any atom is -0.382 e. The average molecular weight is 281 g/mol. The van der Waals surface area contributed by atoms with Gasteiger partial charge in [-0.1, -0.05) is 6.92 Å². The highest BCUT2D eigenvalue weighted by atomic mass is 16.5. The summed E-state index contributed by atoms with van der Waals surface area (Å²) in [5, 5.41) is 3.61. The summed E-state index contributed by atoms with van der Waals surface area (Å²) in [4.78, 5) is 6.90.